The van der Waals surface area contributed by atoms with Gasteiger partial charge in [0.2, 0.25) is 5.91 Å². The summed E-state index contributed by atoms with van der Waals surface area (Å²) in [4.78, 5) is 23.7. The molecule has 0 unspecified atom stereocenters. The summed E-state index contributed by atoms with van der Waals surface area (Å²) >= 11 is 0. The van der Waals surface area contributed by atoms with Gasteiger partial charge in [-0.1, -0.05) is 12.2 Å². The van der Waals surface area contributed by atoms with E-state index in [1.54, 1.807) is 17.1 Å². The molecular weight excluding hydrogens is 302 g/mol. The van der Waals surface area contributed by atoms with Crippen molar-refractivity contribution in [1.82, 2.24) is 24.6 Å². The SMILES string of the molecule is Cn1nc([C@@H]2CCCN(C(=O)[C@H]3CC=CCC3)C2)c2nccnc21. The number of fused-ring (bicyclic) bond motifs is 1. The minimum atomic E-state index is 0.161. The number of rotatable bonds is 2. The summed E-state index contributed by atoms with van der Waals surface area (Å²) in [5, 5.41) is 4.66. The molecule has 0 aromatic carbocycles. The molecule has 6 heteroatoms. The van der Waals surface area contributed by atoms with Gasteiger partial charge in [-0.05, 0) is 32.1 Å². The van der Waals surface area contributed by atoms with E-state index in [-0.39, 0.29) is 11.8 Å². The Kier molecular flexibility index (Phi) is 4.04. The first-order valence-electron chi connectivity index (χ1n) is 8.81. The first kappa shape index (κ1) is 15.3. The second kappa shape index (κ2) is 6.34. The van der Waals surface area contributed by atoms with Gasteiger partial charge in [0.1, 0.15) is 5.52 Å². The summed E-state index contributed by atoms with van der Waals surface area (Å²) in [5.41, 5.74) is 2.68. The lowest BCUT2D eigenvalue weighted by Crippen LogP contribution is -2.42. The van der Waals surface area contributed by atoms with Gasteiger partial charge in [0.15, 0.2) is 5.65 Å². The molecule has 1 saturated heterocycles. The predicted octanol–water partition coefficient (Wildman–Crippen LogP) is 2.43. The van der Waals surface area contributed by atoms with Crippen LogP contribution in [-0.2, 0) is 11.8 Å². The van der Waals surface area contributed by atoms with Crippen molar-refractivity contribution in [3.8, 4) is 0 Å². The van der Waals surface area contributed by atoms with Gasteiger partial charge in [-0.15, -0.1) is 0 Å². The van der Waals surface area contributed by atoms with Crippen LogP contribution in [0.3, 0.4) is 0 Å². The molecule has 6 nitrogen and oxygen atoms in total. The third-order valence-electron chi connectivity index (χ3n) is 5.22. The van der Waals surface area contributed by atoms with E-state index in [0.29, 0.717) is 5.91 Å². The number of aryl methyl sites for hydroxylation is 1. The Hall–Kier alpha value is -2.24. The topological polar surface area (TPSA) is 63.9 Å². The Morgan fingerprint density at radius 3 is 2.92 bits per heavy atom. The number of allylic oxidation sites excluding steroid dienone is 2. The molecular formula is C18H23N5O. The number of amides is 1. The zero-order valence-corrected chi connectivity index (χ0v) is 14.1. The van der Waals surface area contributed by atoms with E-state index in [1.807, 2.05) is 7.05 Å². The van der Waals surface area contributed by atoms with E-state index in [4.69, 9.17) is 0 Å². The van der Waals surface area contributed by atoms with Crippen LogP contribution >= 0.6 is 0 Å². The van der Waals surface area contributed by atoms with Crippen molar-refractivity contribution < 1.29 is 4.79 Å². The largest absolute Gasteiger partial charge is 0.342 e. The Labute approximate surface area is 141 Å². The molecule has 0 saturated carbocycles. The second-order valence-electron chi connectivity index (χ2n) is 6.84. The Morgan fingerprint density at radius 2 is 2.08 bits per heavy atom. The molecule has 0 bridgehead atoms. The fourth-order valence-corrected chi connectivity index (χ4v) is 3.96. The first-order chi connectivity index (χ1) is 11.7. The van der Waals surface area contributed by atoms with E-state index in [9.17, 15) is 4.79 Å². The van der Waals surface area contributed by atoms with Crippen molar-refractivity contribution in [2.75, 3.05) is 13.1 Å². The van der Waals surface area contributed by atoms with Gasteiger partial charge in [-0.3, -0.25) is 4.79 Å². The van der Waals surface area contributed by atoms with Crippen molar-refractivity contribution in [2.24, 2.45) is 13.0 Å². The summed E-state index contributed by atoms with van der Waals surface area (Å²) in [6.45, 7) is 1.62. The Balaban J connectivity index is 1.56. The normalized spacial score (nSPS) is 24.5. The molecule has 126 valence electrons. The number of carbonyl (C=O) groups excluding carboxylic acids is 1. The average Bonchev–Trinajstić information content (AvgIpc) is 2.99. The van der Waals surface area contributed by atoms with Crippen molar-refractivity contribution in [3.63, 3.8) is 0 Å². The standard InChI is InChI=1S/C18H23N5O/c1-22-17-16(19-9-10-20-17)15(21-22)14-8-5-11-23(12-14)18(24)13-6-3-2-4-7-13/h2-3,9-10,13-14H,4-8,11-12H2,1H3/t13-,14+/m0/s1. The van der Waals surface area contributed by atoms with Crippen LogP contribution in [0.1, 0.15) is 43.7 Å². The lowest BCUT2D eigenvalue weighted by molar-refractivity contribution is -0.137. The number of nitrogens with zero attached hydrogens (tertiary/aromatic N) is 5. The lowest BCUT2D eigenvalue weighted by Gasteiger charge is -2.34. The summed E-state index contributed by atoms with van der Waals surface area (Å²) < 4.78 is 1.80. The highest BCUT2D eigenvalue weighted by atomic mass is 16.2. The van der Waals surface area contributed by atoms with E-state index >= 15 is 0 Å². The second-order valence-corrected chi connectivity index (χ2v) is 6.84. The maximum absolute atomic E-state index is 12.8. The molecule has 1 amide bonds. The zero-order chi connectivity index (χ0) is 16.5. The molecule has 2 aliphatic rings. The number of hydrogen-bond donors (Lipinski definition) is 0. The Bertz CT molecular complexity index is 781. The van der Waals surface area contributed by atoms with Crippen molar-refractivity contribution in [2.45, 2.75) is 38.0 Å². The van der Waals surface area contributed by atoms with Crippen molar-refractivity contribution in [1.29, 1.82) is 0 Å². The molecule has 0 spiro atoms. The third-order valence-corrected chi connectivity index (χ3v) is 5.22. The summed E-state index contributed by atoms with van der Waals surface area (Å²) in [7, 11) is 1.90. The molecule has 24 heavy (non-hydrogen) atoms. The van der Waals surface area contributed by atoms with Gasteiger partial charge in [0.25, 0.3) is 0 Å². The zero-order valence-electron chi connectivity index (χ0n) is 14.1. The number of likely N-dealkylation sites (tertiary alicyclic amines) is 1. The number of hydrogen-bond acceptors (Lipinski definition) is 4. The minimum absolute atomic E-state index is 0.161. The van der Waals surface area contributed by atoms with Crippen LogP contribution in [0.15, 0.2) is 24.5 Å². The van der Waals surface area contributed by atoms with E-state index in [0.717, 1.165) is 62.1 Å². The van der Waals surface area contributed by atoms with Gasteiger partial charge in [-0.25, -0.2) is 14.6 Å². The highest BCUT2D eigenvalue weighted by Crippen LogP contribution is 2.31. The fraction of sp³-hybridized carbons (Fsp3) is 0.556. The average molecular weight is 325 g/mol. The Morgan fingerprint density at radius 1 is 1.21 bits per heavy atom. The van der Waals surface area contributed by atoms with Crippen LogP contribution in [0.2, 0.25) is 0 Å². The number of carbonyl (C=O) groups is 1. The summed E-state index contributed by atoms with van der Waals surface area (Å²) in [5.74, 6) is 0.728. The van der Waals surface area contributed by atoms with Crippen LogP contribution in [0.25, 0.3) is 11.2 Å². The van der Waals surface area contributed by atoms with E-state index < -0.39 is 0 Å². The summed E-state index contributed by atoms with van der Waals surface area (Å²) in [6.07, 6.45) is 12.7. The van der Waals surface area contributed by atoms with Crippen LogP contribution in [-0.4, -0.2) is 43.6 Å². The van der Waals surface area contributed by atoms with Crippen LogP contribution in [0, 0.1) is 5.92 Å². The molecule has 2 atom stereocenters. The molecule has 3 heterocycles. The predicted molar refractivity (Wildman–Crippen MR) is 91.3 cm³/mol. The van der Waals surface area contributed by atoms with Crippen molar-refractivity contribution in [3.05, 3.63) is 30.2 Å². The van der Waals surface area contributed by atoms with Gasteiger partial charge in [0.05, 0.1) is 5.69 Å². The number of piperidine rings is 1. The lowest BCUT2D eigenvalue weighted by atomic mass is 9.90. The van der Waals surface area contributed by atoms with Crippen LogP contribution in [0.5, 0.6) is 0 Å². The van der Waals surface area contributed by atoms with Gasteiger partial charge in [0, 0.05) is 44.4 Å². The molecule has 0 N–H and O–H groups in total. The third kappa shape index (κ3) is 2.70. The molecule has 4 rings (SSSR count). The van der Waals surface area contributed by atoms with Crippen LogP contribution < -0.4 is 0 Å². The summed E-state index contributed by atoms with van der Waals surface area (Å²) in [6, 6.07) is 0. The fourth-order valence-electron chi connectivity index (χ4n) is 3.96. The first-order valence-corrected chi connectivity index (χ1v) is 8.81. The molecule has 1 fully saturated rings. The minimum Gasteiger partial charge on any atom is -0.342 e. The smallest absolute Gasteiger partial charge is 0.226 e. The maximum Gasteiger partial charge on any atom is 0.226 e. The highest BCUT2D eigenvalue weighted by Gasteiger charge is 2.31. The van der Waals surface area contributed by atoms with E-state index in [2.05, 4.69) is 32.1 Å². The highest BCUT2D eigenvalue weighted by molar-refractivity contribution is 5.79. The van der Waals surface area contributed by atoms with E-state index in [1.165, 1.54) is 0 Å². The molecule has 2 aromatic heterocycles. The number of aromatic nitrogens is 4. The monoisotopic (exact) mass is 325 g/mol. The maximum atomic E-state index is 12.8. The molecule has 2 aromatic rings. The molecule has 1 aliphatic heterocycles. The van der Waals surface area contributed by atoms with Gasteiger partial charge >= 0.3 is 0 Å². The quantitative estimate of drug-likeness (QED) is 0.796. The van der Waals surface area contributed by atoms with Crippen molar-refractivity contribution >= 4 is 17.1 Å². The van der Waals surface area contributed by atoms with Crippen LogP contribution in [0.4, 0.5) is 0 Å². The van der Waals surface area contributed by atoms with Gasteiger partial charge < -0.3 is 4.90 Å². The molecule has 1 aliphatic carbocycles. The molecule has 0 radical (unpaired) electrons. The van der Waals surface area contributed by atoms with Gasteiger partial charge in [-0.2, -0.15) is 5.10 Å².